The molecule has 0 saturated heterocycles. The van der Waals surface area contributed by atoms with Gasteiger partial charge in [-0.1, -0.05) is 0 Å². The summed E-state index contributed by atoms with van der Waals surface area (Å²) in [4.78, 5) is 3.74. The molecule has 56 valence electrons. The van der Waals surface area contributed by atoms with Crippen LogP contribution in [-0.4, -0.2) is 26.3 Å². The van der Waals surface area contributed by atoms with E-state index in [4.69, 9.17) is 5.73 Å². The van der Waals surface area contributed by atoms with Gasteiger partial charge in [0.25, 0.3) is 0 Å². The molecule has 2 atom stereocenters. The van der Waals surface area contributed by atoms with Crippen LogP contribution in [0.4, 0.5) is 0 Å². The summed E-state index contributed by atoms with van der Waals surface area (Å²) in [7, 11) is 0. The molecule has 0 aromatic carbocycles. The summed E-state index contributed by atoms with van der Waals surface area (Å²) >= 11 is 0. The summed E-state index contributed by atoms with van der Waals surface area (Å²) < 4.78 is 0. The van der Waals surface area contributed by atoms with Crippen LogP contribution in [0.15, 0.2) is 6.33 Å². The molecule has 1 heterocycles. The quantitative estimate of drug-likeness (QED) is 0.503. The van der Waals surface area contributed by atoms with Gasteiger partial charge in [0.15, 0.2) is 5.82 Å². The molecule has 0 aliphatic carbocycles. The minimum atomic E-state index is -0.748. The van der Waals surface area contributed by atoms with Crippen molar-refractivity contribution < 1.29 is 5.11 Å². The summed E-state index contributed by atoms with van der Waals surface area (Å²) in [6.45, 7) is 1.70. The van der Waals surface area contributed by atoms with E-state index < -0.39 is 6.10 Å². The molecule has 0 aliphatic rings. The zero-order chi connectivity index (χ0) is 7.56. The molecule has 5 nitrogen and oxygen atoms in total. The fourth-order valence-electron chi connectivity index (χ4n) is 0.606. The zero-order valence-electron chi connectivity index (χ0n) is 5.65. The van der Waals surface area contributed by atoms with Crippen molar-refractivity contribution >= 4 is 0 Å². The first-order chi connectivity index (χ1) is 4.72. The van der Waals surface area contributed by atoms with Gasteiger partial charge in [-0.2, -0.15) is 5.10 Å². The zero-order valence-corrected chi connectivity index (χ0v) is 5.65. The smallest absolute Gasteiger partial charge is 0.154 e. The first-order valence-corrected chi connectivity index (χ1v) is 3.00. The number of hydrogen-bond acceptors (Lipinski definition) is 4. The minimum Gasteiger partial charge on any atom is -0.383 e. The van der Waals surface area contributed by atoms with Crippen molar-refractivity contribution in [3.05, 3.63) is 12.2 Å². The predicted octanol–water partition coefficient (Wildman–Crippen LogP) is -0.815. The summed E-state index contributed by atoms with van der Waals surface area (Å²) in [6, 6.07) is -0.326. The number of aliphatic hydroxyl groups excluding tert-OH is 1. The third-order valence-electron chi connectivity index (χ3n) is 1.21. The van der Waals surface area contributed by atoms with Gasteiger partial charge in [-0.3, -0.25) is 5.10 Å². The minimum absolute atomic E-state index is 0.326. The monoisotopic (exact) mass is 142 g/mol. The Morgan fingerprint density at radius 1 is 1.80 bits per heavy atom. The fraction of sp³-hybridized carbons (Fsp3) is 0.600. The van der Waals surface area contributed by atoms with E-state index in [1.807, 2.05) is 0 Å². The molecule has 5 heteroatoms. The molecular formula is C5H10N4O. The average Bonchev–Trinajstić information content (AvgIpc) is 2.36. The van der Waals surface area contributed by atoms with E-state index in [0.717, 1.165) is 0 Å². The average molecular weight is 142 g/mol. The highest BCUT2D eigenvalue weighted by Crippen LogP contribution is 2.07. The second-order valence-corrected chi connectivity index (χ2v) is 2.17. The lowest BCUT2D eigenvalue weighted by Gasteiger charge is -2.09. The van der Waals surface area contributed by atoms with Crippen molar-refractivity contribution in [1.82, 2.24) is 15.2 Å². The first kappa shape index (κ1) is 7.17. The number of rotatable bonds is 2. The summed E-state index contributed by atoms with van der Waals surface area (Å²) in [5.41, 5.74) is 5.39. The van der Waals surface area contributed by atoms with Gasteiger partial charge >= 0.3 is 0 Å². The number of hydrogen-bond donors (Lipinski definition) is 3. The van der Waals surface area contributed by atoms with Crippen molar-refractivity contribution in [1.29, 1.82) is 0 Å². The van der Waals surface area contributed by atoms with Crippen LogP contribution in [0.1, 0.15) is 18.9 Å². The predicted molar refractivity (Wildman–Crippen MR) is 35.0 cm³/mol. The molecule has 0 aliphatic heterocycles. The molecular weight excluding hydrogens is 132 g/mol. The number of nitrogens with one attached hydrogen (secondary N) is 1. The Balaban J connectivity index is 2.68. The second kappa shape index (κ2) is 2.76. The molecule has 0 saturated carbocycles. The van der Waals surface area contributed by atoms with Crippen LogP contribution in [0.25, 0.3) is 0 Å². The fourth-order valence-corrected chi connectivity index (χ4v) is 0.606. The molecule has 1 rings (SSSR count). The molecule has 1 aromatic rings. The lowest BCUT2D eigenvalue weighted by Crippen LogP contribution is -2.25. The molecule has 0 radical (unpaired) electrons. The van der Waals surface area contributed by atoms with Crippen molar-refractivity contribution in [3.8, 4) is 0 Å². The van der Waals surface area contributed by atoms with Crippen LogP contribution in [0.5, 0.6) is 0 Å². The van der Waals surface area contributed by atoms with E-state index in [9.17, 15) is 5.11 Å². The van der Waals surface area contributed by atoms with Gasteiger partial charge in [0.05, 0.1) is 0 Å². The number of nitrogens with zero attached hydrogens (tertiary/aromatic N) is 2. The molecule has 1 aromatic heterocycles. The number of nitrogens with two attached hydrogens (primary N) is 1. The van der Waals surface area contributed by atoms with Crippen LogP contribution >= 0.6 is 0 Å². The Bertz CT molecular complexity index is 184. The van der Waals surface area contributed by atoms with E-state index in [1.54, 1.807) is 6.92 Å². The van der Waals surface area contributed by atoms with E-state index in [1.165, 1.54) is 6.33 Å². The first-order valence-electron chi connectivity index (χ1n) is 3.00. The van der Waals surface area contributed by atoms with Crippen molar-refractivity contribution in [3.63, 3.8) is 0 Å². The molecule has 0 amide bonds. The summed E-state index contributed by atoms with van der Waals surface area (Å²) in [5.74, 6) is 0.412. The number of H-pyrrole nitrogens is 1. The van der Waals surface area contributed by atoms with Gasteiger partial charge in [0.2, 0.25) is 0 Å². The Labute approximate surface area is 58.3 Å². The lowest BCUT2D eigenvalue weighted by atomic mass is 10.2. The lowest BCUT2D eigenvalue weighted by molar-refractivity contribution is 0.144. The Morgan fingerprint density at radius 3 is 2.90 bits per heavy atom. The largest absolute Gasteiger partial charge is 0.383 e. The number of aromatic nitrogens is 3. The maximum Gasteiger partial charge on any atom is 0.154 e. The van der Waals surface area contributed by atoms with Gasteiger partial charge in [-0.05, 0) is 6.92 Å². The standard InChI is InChI=1S/C5H10N4O/c1-3(6)4(10)5-7-2-8-9-5/h2-4,10H,6H2,1H3,(H,7,8,9). The molecule has 10 heavy (non-hydrogen) atoms. The van der Waals surface area contributed by atoms with Crippen LogP contribution in [0.2, 0.25) is 0 Å². The van der Waals surface area contributed by atoms with Crippen molar-refractivity contribution in [2.75, 3.05) is 0 Å². The van der Waals surface area contributed by atoms with Gasteiger partial charge in [-0.25, -0.2) is 4.98 Å². The highest BCUT2D eigenvalue weighted by Gasteiger charge is 2.14. The third-order valence-corrected chi connectivity index (χ3v) is 1.21. The maximum absolute atomic E-state index is 9.23. The van der Waals surface area contributed by atoms with Gasteiger partial charge in [0, 0.05) is 6.04 Å². The molecule has 0 bridgehead atoms. The maximum atomic E-state index is 9.23. The highest BCUT2D eigenvalue weighted by molar-refractivity contribution is 4.89. The summed E-state index contributed by atoms with van der Waals surface area (Å²) in [6.07, 6.45) is 0.587. The number of aliphatic hydroxyl groups is 1. The van der Waals surface area contributed by atoms with Gasteiger partial charge in [0.1, 0.15) is 12.4 Å². The normalized spacial score (nSPS) is 16.7. The molecule has 2 unspecified atom stereocenters. The van der Waals surface area contributed by atoms with Crippen molar-refractivity contribution in [2.24, 2.45) is 5.73 Å². The Hall–Kier alpha value is -0.940. The van der Waals surface area contributed by atoms with Crippen LogP contribution < -0.4 is 5.73 Å². The van der Waals surface area contributed by atoms with Crippen molar-refractivity contribution in [2.45, 2.75) is 19.1 Å². The van der Waals surface area contributed by atoms with E-state index in [-0.39, 0.29) is 6.04 Å². The summed E-state index contributed by atoms with van der Waals surface area (Å²) in [5, 5.41) is 15.3. The Kier molecular flexibility index (Phi) is 1.98. The third kappa shape index (κ3) is 1.31. The van der Waals surface area contributed by atoms with Crippen LogP contribution in [0, 0.1) is 0 Å². The molecule has 0 spiro atoms. The van der Waals surface area contributed by atoms with Gasteiger partial charge < -0.3 is 10.8 Å². The topological polar surface area (TPSA) is 87.8 Å². The van der Waals surface area contributed by atoms with E-state index in [0.29, 0.717) is 5.82 Å². The Morgan fingerprint density at radius 2 is 2.50 bits per heavy atom. The molecule has 0 fully saturated rings. The SMILES string of the molecule is CC(N)C(O)c1ncn[nH]1. The van der Waals surface area contributed by atoms with E-state index in [2.05, 4.69) is 15.2 Å². The number of aromatic amines is 1. The second-order valence-electron chi connectivity index (χ2n) is 2.17. The highest BCUT2D eigenvalue weighted by atomic mass is 16.3. The van der Waals surface area contributed by atoms with E-state index >= 15 is 0 Å². The van der Waals surface area contributed by atoms with Gasteiger partial charge in [-0.15, -0.1) is 0 Å². The van der Waals surface area contributed by atoms with Crippen LogP contribution in [-0.2, 0) is 0 Å². The molecule has 4 N–H and O–H groups in total. The van der Waals surface area contributed by atoms with Crippen LogP contribution in [0.3, 0.4) is 0 Å².